The first-order chi connectivity index (χ1) is 8.75. The Morgan fingerprint density at radius 1 is 1.21 bits per heavy atom. The fourth-order valence-corrected chi connectivity index (χ4v) is 3.87. The van der Waals surface area contributed by atoms with Gasteiger partial charge in [-0.05, 0) is 41.9 Å². The largest absolute Gasteiger partial charge is 0.462 e. The molecule has 2 heteroatoms. The lowest BCUT2D eigenvalue weighted by atomic mass is 9.75. The highest BCUT2D eigenvalue weighted by atomic mass is 16.5. The normalized spacial score (nSPS) is 41.1. The molecule has 2 aliphatic rings. The highest BCUT2D eigenvalue weighted by Gasteiger charge is 2.60. The molecule has 0 N–H and O–H groups in total. The third-order valence-corrected chi connectivity index (χ3v) is 5.85. The van der Waals surface area contributed by atoms with Crippen LogP contribution in [0, 0.1) is 35.0 Å². The maximum absolute atomic E-state index is 12.4. The molecule has 0 aromatic carbocycles. The van der Waals surface area contributed by atoms with Crippen LogP contribution in [0.1, 0.15) is 60.8 Å². The van der Waals surface area contributed by atoms with Crippen LogP contribution in [0.25, 0.3) is 0 Å². The fraction of sp³-hybridized carbons (Fsp3) is 0.941. The van der Waals surface area contributed by atoms with Gasteiger partial charge in [-0.3, -0.25) is 4.79 Å². The summed E-state index contributed by atoms with van der Waals surface area (Å²) in [6.07, 6.45) is 3.69. The molecule has 2 rings (SSSR count). The fourth-order valence-electron chi connectivity index (χ4n) is 3.87. The Labute approximate surface area is 118 Å². The van der Waals surface area contributed by atoms with Gasteiger partial charge in [0, 0.05) is 0 Å². The molecule has 0 spiro atoms. The molecule has 2 saturated carbocycles. The van der Waals surface area contributed by atoms with Crippen molar-refractivity contribution in [1.82, 2.24) is 0 Å². The molecule has 5 unspecified atom stereocenters. The number of carbonyl (C=O) groups excluding carboxylic acids is 1. The summed E-state index contributed by atoms with van der Waals surface area (Å²) in [5.41, 5.74) is 0.144. The zero-order chi connectivity index (χ0) is 14.4. The first-order valence-electron chi connectivity index (χ1n) is 7.95. The number of ether oxygens (including phenoxy) is 1. The standard InChI is InChI=1S/C17H30O2/c1-10(2)13-8-7-11(3)9-14(13)19-16(18)15-12(4)17(15,5)6/h10-15H,7-9H2,1-6H3. The van der Waals surface area contributed by atoms with Gasteiger partial charge in [0.1, 0.15) is 6.10 Å². The van der Waals surface area contributed by atoms with Crippen molar-refractivity contribution in [3.05, 3.63) is 0 Å². The van der Waals surface area contributed by atoms with Crippen molar-refractivity contribution < 1.29 is 9.53 Å². The van der Waals surface area contributed by atoms with Gasteiger partial charge in [-0.15, -0.1) is 0 Å². The van der Waals surface area contributed by atoms with Gasteiger partial charge in [0.2, 0.25) is 0 Å². The summed E-state index contributed by atoms with van der Waals surface area (Å²) >= 11 is 0. The van der Waals surface area contributed by atoms with Crippen LogP contribution in [0.2, 0.25) is 0 Å². The molecule has 19 heavy (non-hydrogen) atoms. The van der Waals surface area contributed by atoms with Gasteiger partial charge >= 0.3 is 5.97 Å². The number of carbonyl (C=O) groups is 1. The van der Waals surface area contributed by atoms with E-state index in [1.54, 1.807) is 0 Å². The third kappa shape index (κ3) is 2.83. The lowest BCUT2D eigenvalue weighted by Gasteiger charge is -2.36. The first-order valence-corrected chi connectivity index (χ1v) is 7.95. The summed E-state index contributed by atoms with van der Waals surface area (Å²) in [5.74, 6) is 2.50. The van der Waals surface area contributed by atoms with Crippen LogP contribution in [0.5, 0.6) is 0 Å². The van der Waals surface area contributed by atoms with Crippen molar-refractivity contribution in [2.45, 2.75) is 66.9 Å². The Balaban J connectivity index is 1.98. The summed E-state index contributed by atoms with van der Waals surface area (Å²) in [4.78, 5) is 12.4. The molecule has 2 fully saturated rings. The van der Waals surface area contributed by atoms with Crippen LogP contribution >= 0.6 is 0 Å². The van der Waals surface area contributed by atoms with Gasteiger partial charge in [-0.1, -0.05) is 48.0 Å². The topological polar surface area (TPSA) is 26.3 Å². The molecular formula is C17H30O2. The second-order valence-electron chi connectivity index (χ2n) is 7.89. The van der Waals surface area contributed by atoms with Gasteiger partial charge in [0.15, 0.2) is 0 Å². The minimum Gasteiger partial charge on any atom is -0.462 e. The number of hydrogen-bond acceptors (Lipinski definition) is 2. The summed E-state index contributed by atoms with van der Waals surface area (Å²) in [6.45, 7) is 13.3. The van der Waals surface area contributed by atoms with Crippen LogP contribution in [0.4, 0.5) is 0 Å². The van der Waals surface area contributed by atoms with Crippen molar-refractivity contribution >= 4 is 5.97 Å². The maximum Gasteiger partial charge on any atom is 0.310 e. The van der Waals surface area contributed by atoms with E-state index in [-0.39, 0.29) is 23.4 Å². The van der Waals surface area contributed by atoms with Crippen LogP contribution in [-0.2, 0) is 9.53 Å². The maximum atomic E-state index is 12.4. The van der Waals surface area contributed by atoms with Crippen molar-refractivity contribution in [2.24, 2.45) is 35.0 Å². The first kappa shape index (κ1) is 14.9. The van der Waals surface area contributed by atoms with E-state index < -0.39 is 0 Å². The molecule has 110 valence electrons. The SMILES string of the molecule is CC1CCC(C(C)C)C(OC(=O)C2C(C)C2(C)C)C1. The van der Waals surface area contributed by atoms with E-state index in [9.17, 15) is 4.79 Å². The quantitative estimate of drug-likeness (QED) is 0.713. The van der Waals surface area contributed by atoms with Gasteiger partial charge in [0.05, 0.1) is 5.92 Å². The summed E-state index contributed by atoms with van der Waals surface area (Å²) in [7, 11) is 0. The minimum atomic E-state index is 0.0576. The van der Waals surface area contributed by atoms with Crippen molar-refractivity contribution in [2.75, 3.05) is 0 Å². The average molecular weight is 266 g/mol. The second-order valence-corrected chi connectivity index (χ2v) is 7.89. The number of hydrogen-bond donors (Lipinski definition) is 0. The van der Waals surface area contributed by atoms with E-state index >= 15 is 0 Å². The van der Waals surface area contributed by atoms with E-state index in [4.69, 9.17) is 4.74 Å². The lowest BCUT2D eigenvalue weighted by molar-refractivity contribution is -0.158. The molecule has 0 aromatic rings. The molecule has 5 atom stereocenters. The van der Waals surface area contributed by atoms with E-state index in [0.29, 0.717) is 23.7 Å². The van der Waals surface area contributed by atoms with Gasteiger partial charge < -0.3 is 4.74 Å². The Morgan fingerprint density at radius 3 is 2.26 bits per heavy atom. The van der Waals surface area contributed by atoms with Crippen LogP contribution in [-0.4, -0.2) is 12.1 Å². The Hall–Kier alpha value is -0.530. The zero-order valence-electron chi connectivity index (χ0n) is 13.4. The minimum absolute atomic E-state index is 0.0576. The molecule has 0 saturated heterocycles. The molecule has 0 heterocycles. The monoisotopic (exact) mass is 266 g/mol. The molecule has 0 aliphatic heterocycles. The van der Waals surface area contributed by atoms with Crippen molar-refractivity contribution in [3.8, 4) is 0 Å². The van der Waals surface area contributed by atoms with Gasteiger partial charge in [-0.2, -0.15) is 0 Å². The van der Waals surface area contributed by atoms with E-state index in [2.05, 4.69) is 41.5 Å². The predicted molar refractivity (Wildman–Crippen MR) is 77.7 cm³/mol. The van der Waals surface area contributed by atoms with E-state index in [0.717, 1.165) is 6.42 Å². The highest BCUT2D eigenvalue weighted by Crippen LogP contribution is 2.58. The zero-order valence-corrected chi connectivity index (χ0v) is 13.4. The average Bonchev–Trinajstić information content (AvgIpc) is 2.77. The predicted octanol–water partition coefficient (Wildman–Crippen LogP) is 4.28. The van der Waals surface area contributed by atoms with Crippen LogP contribution < -0.4 is 0 Å². The Kier molecular flexibility index (Phi) is 3.99. The molecule has 0 aromatic heterocycles. The van der Waals surface area contributed by atoms with Crippen molar-refractivity contribution in [3.63, 3.8) is 0 Å². The summed E-state index contributed by atoms with van der Waals surface area (Å²) < 4.78 is 5.93. The van der Waals surface area contributed by atoms with E-state index in [1.807, 2.05) is 0 Å². The Morgan fingerprint density at radius 2 is 1.79 bits per heavy atom. The molecule has 2 nitrogen and oxygen atoms in total. The molecular weight excluding hydrogens is 236 g/mol. The third-order valence-electron chi connectivity index (χ3n) is 5.85. The van der Waals surface area contributed by atoms with Gasteiger partial charge in [0.25, 0.3) is 0 Å². The Bertz CT molecular complexity index is 345. The molecule has 0 radical (unpaired) electrons. The van der Waals surface area contributed by atoms with Crippen LogP contribution in [0.15, 0.2) is 0 Å². The van der Waals surface area contributed by atoms with Crippen molar-refractivity contribution in [1.29, 1.82) is 0 Å². The molecule has 0 amide bonds. The number of esters is 1. The van der Waals surface area contributed by atoms with Crippen LogP contribution in [0.3, 0.4) is 0 Å². The summed E-state index contributed by atoms with van der Waals surface area (Å²) in [6, 6.07) is 0. The summed E-state index contributed by atoms with van der Waals surface area (Å²) in [5, 5.41) is 0. The molecule has 2 aliphatic carbocycles. The van der Waals surface area contributed by atoms with E-state index in [1.165, 1.54) is 12.8 Å². The molecule has 0 bridgehead atoms. The smallest absolute Gasteiger partial charge is 0.310 e. The number of rotatable bonds is 3. The highest BCUT2D eigenvalue weighted by molar-refractivity contribution is 5.77. The lowest BCUT2D eigenvalue weighted by Crippen LogP contribution is -2.36. The van der Waals surface area contributed by atoms with Gasteiger partial charge in [-0.25, -0.2) is 0 Å². The second kappa shape index (κ2) is 5.10.